The maximum absolute atomic E-state index is 10.8. The van der Waals surface area contributed by atoms with Gasteiger partial charge in [-0.25, -0.2) is 0 Å². The molecule has 0 fully saturated rings. The summed E-state index contributed by atoms with van der Waals surface area (Å²) in [5.74, 6) is -1.05. The zero-order chi connectivity index (χ0) is 11.6. The zero-order valence-corrected chi connectivity index (χ0v) is 9.85. The van der Waals surface area contributed by atoms with Crippen LogP contribution in [0.25, 0.3) is 0 Å². The van der Waals surface area contributed by atoms with Crippen LogP contribution in [0.2, 0.25) is 0 Å². The van der Waals surface area contributed by atoms with Gasteiger partial charge in [-0.1, -0.05) is 0 Å². The molecule has 1 rings (SSSR count). The molecule has 0 radical (unpaired) electrons. The van der Waals surface area contributed by atoms with Crippen LogP contribution in [-0.2, 0) is 11.3 Å². The monoisotopic (exact) mass is 229 g/mol. The first-order chi connectivity index (χ1) is 6.83. The van der Waals surface area contributed by atoms with Crippen LogP contribution < -0.4 is 5.11 Å². The van der Waals surface area contributed by atoms with Crippen molar-refractivity contribution in [3.63, 3.8) is 0 Å². The van der Waals surface area contributed by atoms with Crippen molar-refractivity contribution in [3.05, 3.63) is 16.7 Å². The molecule has 15 heavy (non-hydrogen) atoms. The first-order valence-electron chi connectivity index (χ1n) is 4.63. The highest BCUT2D eigenvalue weighted by Gasteiger charge is 2.25. The second-order valence-electron chi connectivity index (χ2n) is 4.20. The molecule has 84 valence electrons. The molecule has 1 aromatic heterocycles. The molecule has 5 nitrogen and oxygen atoms in total. The molecule has 0 bridgehead atoms. The summed E-state index contributed by atoms with van der Waals surface area (Å²) >= 11 is 4.89. The average molecular weight is 229 g/mol. The van der Waals surface area contributed by atoms with E-state index in [2.05, 4.69) is 9.97 Å². The SMILES string of the molecule is C[C@@H](C(=O)[O-])[N+](C)(C)Cc1c[nH]c(=S)[nH]1. The van der Waals surface area contributed by atoms with E-state index in [0.29, 0.717) is 15.8 Å². The lowest BCUT2D eigenvalue weighted by molar-refractivity contribution is -0.919. The highest BCUT2D eigenvalue weighted by Crippen LogP contribution is 2.11. The number of hydrogen-bond acceptors (Lipinski definition) is 3. The summed E-state index contributed by atoms with van der Waals surface area (Å²) in [6.45, 7) is 2.19. The van der Waals surface area contributed by atoms with Crippen LogP contribution in [0.15, 0.2) is 6.20 Å². The number of carboxylic acid groups (broad SMARTS) is 1. The number of carboxylic acids is 1. The van der Waals surface area contributed by atoms with Crippen molar-refractivity contribution < 1.29 is 14.4 Å². The molecule has 1 heterocycles. The minimum Gasteiger partial charge on any atom is -0.544 e. The predicted molar refractivity (Wildman–Crippen MR) is 56.3 cm³/mol. The molecule has 0 aliphatic rings. The number of H-pyrrole nitrogens is 2. The standard InChI is InChI=1S/C9H15N3O2S/c1-6(8(13)14)12(2,3)5-7-4-10-9(15)11-7/h4,6H,5H2,1-3H3,(H2-,10,11,13,14,15)/t6-/m0/s1. The summed E-state index contributed by atoms with van der Waals surface area (Å²) in [5.41, 5.74) is 0.887. The lowest BCUT2D eigenvalue weighted by Crippen LogP contribution is -2.55. The Bertz CT molecular complexity index is 407. The van der Waals surface area contributed by atoms with Gasteiger partial charge in [-0.2, -0.15) is 0 Å². The Hall–Kier alpha value is -1.14. The van der Waals surface area contributed by atoms with E-state index >= 15 is 0 Å². The smallest absolute Gasteiger partial charge is 0.174 e. The Morgan fingerprint density at radius 2 is 2.27 bits per heavy atom. The second-order valence-corrected chi connectivity index (χ2v) is 4.61. The topological polar surface area (TPSA) is 71.7 Å². The van der Waals surface area contributed by atoms with E-state index in [0.717, 1.165) is 5.69 Å². The highest BCUT2D eigenvalue weighted by molar-refractivity contribution is 7.71. The van der Waals surface area contributed by atoms with E-state index in [9.17, 15) is 9.90 Å². The molecule has 0 amide bonds. The first-order valence-corrected chi connectivity index (χ1v) is 5.04. The molecule has 1 aromatic rings. The lowest BCUT2D eigenvalue weighted by Gasteiger charge is -2.36. The number of carbonyl (C=O) groups excluding carboxylic acids is 1. The van der Waals surface area contributed by atoms with Crippen LogP contribution >= 0.6 is 12.2 Å². The Morgan fingerprint density at radius 1 is 1.67 bits per heavy atom. The van der Waals surface area contributed by atoms with Crippen molar-refractivity contribution in [2.24, 2.45) is 0 Å². The minimum atomic E-state index is -1.05. The van der Waals surface area contributed by atoms with Crippen LogP contribution in [0.1, 0.15) is 12.6 Å². The summed E-state index contributed by atoms with van der Waals surface area (Å²) in [6, 6.07) is -0.568. The van der Waals surface area contributed by atoms with E-state index < -0.39 is 12.0 Å². The van der Waals surface area contributed by atoms with Gasteiger partial charge in [0.2, 0.25) is 0 Å². The van der Waals surface area contributed by atoms with Crippen LogP contribution in [0.4, 0.5) is 0 Å². The highest BCUT2D eigenvalue weighted by atomic mass is 32.1. The fourth-order valence-electron chi connectivity index (χ4n) is 1.32. The van der Waals surface area contributed by atoms with E-state index in [4.69, 9.17) is 12.2 Å². The van der Waals surface area contributed by atoms with Crippen LogP contribution in [0.3, 0.4) is 0 Å². The summed E-state index contributed by atoms with van der Waals surface area (Å²) in [4.78, 5) is 16.6. The van der Waals surface area contributed by atoms with Gasteiger partial charge < -0.3 is 24.4 Å². The third-order valence-corrected chi connectivity index (χ3v) is 2.84. The van der Waals surface area contributed by atoms with Gasteiger partial charge in [0, 0.05) is 6.20 Å². The van der Waals surface area contributed by atoms with Gasteiger partial charge in [0.15, 0.2) is 4.77 Å². The largest absolute Gasteiger partial charge is 0.544 e. The van der Waals surface area contributed by atoms with Gasteiger partial charge in [0.25, 0.3) is 0 Å². The number of quaternary nitrogens is 1. The van der Waals surface area contributed by atoms with Gasteiger partial charge in [-0.3, -0.25) is 0 Å². The van der Waals surface area contributed by atoms with E-state index in [1.165, 1.54) is 0 Å². The second kappa shape index (κ2) is 4.16. The quantitative estimate of drug-likeness (QED) is 0.554. The predicted octanol–water partition coefficient (Wildman–Crippen LogP) is -0.213. The molecule has 0 saturated heterocycles. The van der Waals surface area contributed by atoms with Gasteiger partial charge in [0.05, 0.1) is 25.8 Å². The third-order valence-electron chi connectivity index (χ3n) is 2.62. The van der Waals surface area contributed by atoms with Crippen molar-refractivity contribution in [3.8, 4) is 0 Å². The Morgan fingerprint density at radius 3 is 2.67 bits per heavy atom. The number of nitrogens with one attached hydrogen (secondary N) is 2. The molecule has 2 N–H and O–H groups in total. The summed E-state index contributed by atoms with van der Waals surface area (Å²) in [6.07, 6.45) is 1.75. The maximum atomic E-state index is 10.8. The molecule has 0 aromatic carbocycles. The van der Waals surface area contributed by atoms with Crippen molar-refractivity contribution in [1.29, 1.82) is 0 Å². The number of carbonyl (C=O) groups is 1. The lowest BCUT2D eigenvalue weighted by atomic mass is 10.2. The molecular formula is C9H15N3O2S. The average Bonchev–Trinajstić information content (AvgIpc) is 2.48. The summed E-state index contributed by atoms with van der Waals surface area (Å²) < 4.78 is 0.858. The van der Waals surface area contributed by atoms with Crippen molar-refractivity contribution >= 4 is 18.2 Å². The number of hydrogen-bond donors (Lipinski definition) is 2. The Labute approximate surface area is 93.3 Å². The van der Waals surface area contributed by atoms with Crippen molar-refractivity contribution in [2.45, 2.75) is 19.5 Å². The zero-order valence-electron chi connectivity index (χ0n) is 9.03. The summed E-state index contributed by atoms with van der Waals surface area (Å²) in [5, 5.41) is 10.8. The molecule has 0 aliphatic heterocycles. The minimum absolute atomic E-state index is 0.311. The van der Waals surface area contributed by atoms with Gasteiger partial charge in [-0.05, 0) is 19.1 Å². The van der Waals surface area contributed by atoms with Crippen LogP contribution in [0, 0.1) is 4.77 Å². The number of rotatable bonds is 4. The molecule has 0 spiro atoms. The van der Waals surface area contributed by atoms with Gasteiger partial charge >= 0.3 is 0 Å². The molecule has 0 aliphatic carbocycles. The van der Waals surface area contributed by atoms with E-state index in [-0.39, 0.29) is 0 Å². The third kappa shape index (κ3) is 2.90. The van der Waals surface area contributed by atoms with E-state index in [1.54, 1.807) is 13.1 Å². The van der Waals surface area contributed by atoms with Crippen molar-refractivity contribution in [2.75, 3.05) is 14.1 Å². The molecule has 1 atom stereocenters. The van der Waals surface area contributed by atoms with E-state index in [1.807, 2.05) is 14.1 Å². The molecule has 0 unspecified atom stereocenters. The summed E-state index contributed by atoms with van der Waals surface area (Å²) in [7, 11) is 3.68. The Balaban J connectivity index is 2.80. The molecular weight excluding hydrogens is 214 g/mol. The van der Waals surface area contributed by atoms with Crippen LogP contribution in [0.5, 0.6) is 0 Å². The number of aromatic amines is 2. The van der Waals surface area contributed by atoms with Crippen molar-refractivity contribution in [1.82, 2.24) is 9.97 Å². The number of likely N-dealkylation sites (N-methyl/N-ethyl adjacent to an activating group) is 1. The normalized spacial score (nSPS) is 13.8. The fraction of sp³-hybridized carbons (Fsp3) is 0.556. The number of aliphatic carboxylic acids is 1. The Kier molecular flexibility index (Phi) is 3.31. The maximum Gasteiger partial charge on any atom is 0.174 e. The number of nitrogens with zero attached hydrogens (tertiary/aromatic N) is 1. The number of imidazole rings is 1. The number of aromatic nitrogens is 2. The molecule has 6 heteroatoms. The van der Waals surface area contributed by atoms with Crippen LogP contribution in [-0.4, -0.2) is 40.6 Å². The van der Waals surface area contributed by atoms with Gasteiger partial charge in [0.1, 0.15) is 12.6 Å². The first kappa shape index (κ1) is 11.9. The van der Waals surface area contributed by atoms with Gasteiger partial charge in [-0.15, -0.1) is 0 Å². The molecule has 0 saturated carbocycles. The fourth-order valence-corrected chi connectivity index (χ4v) is 1.51.